The average Bonchev–Trinajstić information content (AvgIpc) is 3.25. The molecule has 0 radical (unpaired) electrons. The van der Waals surface area contributed by atoms with Crippen LogP contribution in [0.3, 0.4) is 0 Å². The van der Waals surface area contributed by atoms with Gasteiger partial charge < -0.3 is 19.5 Å². The molecule has 7 nitrogen and oxygen atoms in total. The number of ether oxygens (including phenoxy) is 3. The van der Waals surface area contributed by atoms with Gasteiger partial charge >= 0.3 is 5.97 Å². The van der Waals surface area contributed by atoms with Crippen molar-refractivity contribution in [3.05, 3.63) is 64.8 Å². The van der Waals surface area contributed by atoms with Crippen LogP contribution in [0.5, 0.6) is 11.5 Å². The average molecular weight is 420 g/mol. The molecule has 3 aromatic rings. The van der Waals surface area contributed by atoms with Crippen molar-refractivity contribution < 1.29 is 23.8 Å². The summed E-state index contributed by atoms with van der Waals surface area (Å²) in [6.45, 7) is 5.49. The zero-order valence-electron chi connectivity index (χ0n) is 17.7. The van der Waals surface area contributed by atoms with Gasteiger partial charge in [0.1, 0.15) is 0 Å². The van der Waals surface area contributed by atoms with Crippen molar-refractivity contribution in [1.82, 2.24) is 10.3 Å². The molecule has 2 heterocycles. The van der Waals surface area contributed by atoms with Gasteiger partial charge in [0.15, 0.2) is 18.1 Å². The van der Waals surface area contributed by atoms with Crippen molar-refractivity contribution in [2.75, 3.05) is 13.4 Å². The lowest BCUT2D eigenvalue weighted by Crippen LogP contribution is -2.31. The number of rotatable bonds is 6. The van der Waals surface area contributed by atoms with Gasteiger partial charge in [-0.1, -0.05) is 31.2 Å². The lowest BCUT2D eigenvalue weighted by molar-refractivity contribution is -0.124. The molecule has 160 valence electrons. The number of aryl methyl sites for hydroxylation is 2. The Morgan fingerprint density at radius 3 is 2.74 bits per heavy atom. The molecule has 7 heteroatoms. The van der Waals surface area contributed by atoms with Gasteiger partial charge in [0.05, 0.1) is 22.8 Å². The predicted molar refractivity (Wildman–Crippen MR) is 115 cm³/mol. The third-order valence-electron chi connectivity index (χ3n) is 5.37. The van der Waals surface area contributed by atoms with E-state index in [9.17, 15) is 9.59 Å². The summed E-state index contributed by atoms with van der Waals surface area (Å²) in [6, 6.07) is 12.9. The minimum atomic E-state index is -0.543. The summed E-state index contributed by atoms with van der Waals surface area (Å²) in [6.07, 6.45) is 0.587. The smallest absolute Gasteiger partial charge is 0.340 e. The first-order valence-electron chi connectivity index (χ1n) is 10.2. The highest BCUT2D eigenvalue weighted by atomic mass is 16.7. The van der Waals surface area contributed by atoms with E-state index in [-0.39, 0.29) is 25.3 Å². The van der Waals surface area contributed by atoms with Crippen LogP contribution in [0.15, 0.2) is 42.5 Å². The molecule has 4 rings (SSSR count). The highest BCUT2D eigenvalue weighted by molar-refractivity contribution is 5.99. The largest absolute Gasteiger partial charge is 0.454 e. The number of nitrogens with one attached hydrogen (secondary N) is 1. The predicted octanol–water partition coefficient (Wildman–Crippen LogP) is 3.87. The van der Waals surface area contributed by atoms with Gasteiger partial charge in [-0.2, -0.15) is 0 Å². The van der Waals surface area contributed by atoms with Gasteiger partial charge in [-0.15, -0.1) is 0 Å². The Kier molecular flexibility index (Phi) is 5.75. The van der Waals surface area contributed by atoms with Gasteiger partial charge in [-0.05, 0) is 49.6 Å². The topological polar surface area (TPSA) is 86.8 Å². The molecule has 1 aromatic heterocycles. The summed E-state index contributed by atoms with van der Waals surface area (Å²) in [4.78, 5) is 29.8. The maximum Gasteiger partial charge on any atom is 0.340 e. The second-order valence-electron chi connectivity index (χ2n) is 7.41. The van der Waals surface area contributed by atoms with Crippen molar-refractivity contribution in [1.29, 1.82) is 0 Å². The summed E-state index contributed by atoms with van der Waals surface area (Å²) < 4.78 is 16.0. The van der Waals surface area contributed by atoms with Crippen LogP contribution in [0.4, 0.5) is 0 Å². The third kappa shape index (κ3) is 4.17. The summed E-state index contributed by atoms with van der Waals surface area (Å²) in [5, 5.41) is 3.73. The Morgan fingerprint density at radius 2 is 1.94 bits per heavy atom. The van der Waals surface area contributed by atoms with Crippen LogP contribution in [-0.4, -0.2) is 30.3 Å². The van der Waals surface area contributed by atoms with Gasteiger partial charge in [0.25, 0.3) is 5.91 Å². The lowest BCUT2D eigenvalue weighted by atomic mass is 10.0. The maximum absolute atomic E-state index is 12.8. The van der Waals surface area contributed by atoms with Gasteiger partial charge in [0, 0.05) is 5.39 Å². The fraction of sp³-hybridized carbons (Fsp3) is 0.292. The highest BCUT2D eigenvalue weighted by Crippen LogP contribution is 2.34. The molecule has 1 aliphatic rings. The first kappa shape index (κ1) is 20.7. The van der Waals surface area contributed by atoms with Crippen molar-refractivity contribution in [3.63, 3.8) is 0 Å². The lowest BCUT2D eigenvalue weighted by Gasteiger charge is -2.16. The van der Waals surface area contributed by atoms with E-state index < -0.39 is 5.97 Å². The maximum atomic E-state index is 12.8. The number of para-hydroxylation sites is 1. The van der Waals surface area contributed by atoms with Crippen LogP contribution >= 0.6 is 0 Å². The van der Waals surface area contributed by atoms with E-state index in [1.54, 1.807) is 0 Å². The van der Waals surface area contributed by atoms with Crippen molar-refractivity contribution in [3.8, 4) is 11.5 Å². The summed E-state index contributed by atoms with van der Waals surface area (Å²) >= 11 is 0. The molecule has 0 spiro atoms. The number of carbonyl (C=O) groups is 2. The molecular formula is C24H24N2O5. The molecule has 1 N–H and O–H groups in total. The molecule has 0 saturated heterocycles. The standard InChI is InChI=1S/C24H24N2O5/c1-4-18-23(14(2)17-7-5-6-8-19(17)26-18)24(28)29-12-22(27)25-15(3)16-9-10-20-21(11-16)31-13-30-20/h5-11,15H,4,12-13H2,1-3H3,(H,25,27)/t15-/m1/s1. The Balaban J connectivity index is 1.42. The Bertz CT molecular complexity index is 1160. The Hall–Kier alpha value is -3.61. The van der Waals surface area contributed by atoms with Crippen LogP contribution in [-0.2, 0) is 16.0 Å². The van der Waals surface area contributed by atoms with Crippen LogP contribution < -0.4 is 14.8 Å². The number of aromatic nitrogens is 1. The quantitative estimate of drug-likeness (QED) is 0.609. The van der Waals surface area contributed by atoms with E-state index in [2.05, 4.69) is 10.3 Å². The SMILES string of the molecule is CCc1nc2ccccc2c(C)c1C(=O)OCC(=O)N[C@H](C)c1ccc2c(c1)OCO2. The molecule has 0 saturated carbocycles. The molecule has 0 aliphatic carbocycles. The van der Waals surface area contributed by atoms with E-state index in [0.717, 1.165) is 22.0 Å². The van der Waals surface area contributed by atoms with Gasteiger partial charge in [-0.25, -0.2) is 4.79 Å². The van der Waals surface area contributed by atoms with Gasteiger partial charge in [0.2, 0.25) is 6.79 Å². The number of nitrogens with zero attached hydrogens (tertiary/aromatic N) is 1. The van der Waals surface area contributed by atoms with Gasteiger partial charge in [-0.3, -0.25) is 9.78 Å². The first-order valence-corrected chi connectivity index (χ1v) is 10.2. The highest BCUT2D eigenvalue weighted by Gasteiger charge is 2.21. The molecule has 1 aliphatic heterocycles. The summed E-state index contributed by atoms with van der Waals surface area (Å²) in [5.74, 6) is 0.403. The van der Waals surface area contributed by atoms with Crippen molar-refractivity contribution >= 4 is 22.8 Å². The second kappa shape index (κ2) is 8.63. The fourth-order valence-electron chi connectivity index (χ4n) is 3.72. The minimum Gasteiger partial charge on any atom is -0.454 e. The van der Waals surface area contributed by atoms with E-state index in [1.807, 2.05) is 63.2 Å². The summed E-state index contributed by atoms with van der Waals surface area (Å²) in [7, 11) is 0. The number of hydrogen-bond acceptors (Lipinski definition) is 6. The monoisotopic (exact) mass is 420 g/mol. The number of hydrogen-bond donors (Lipinski definition) is 1. The fourth-order valence-corrected chi connectivity index (χ4v) is 3.72. The normalized spacial score (nSPS) is 13.1. The van der Waals surface area contributed by atoms with Crippen LogP contribution in [0.25, 0.3) is 10.9 Å². The zero-order valence-corrected chi connectivity index (χ0v) is 17.7. The van der Waals surface area contributed by atoms with E-state index in [0.29, 0.717) is 29.2 Å². The van der Waals surface area contributed by atoms with Crippen molar-refractivity contribution in [2.45, 2.75) is 33.2 Å². The minimum absolute atomic E-state index is 0.193. The second-order valence-corrected chi connectivity index (χ2v) is 7.41. The number of benzene rings is 2. The Morgan fingerprint density at radius 1 is 1.16 bits per heavy atom. The molecule has 0 unspecified atom stereocenters. The van der Waals surface area contributed by atoms with E-state index in [4.69, 9.17) is 14.2 Å². The molecule has 2 aromatic carbocycles. The molecule has 0 bridgehead atoms. The molecule has 1 atom stereocenters. The van der Waals surface area contributed by atoms with Crippen LogP contribution in [0, 0.1) is 6.92 Å². The van der Waals surface area contributed by atoms with Crippen molar-refractivity contribution in [2.24, 2.45) is 0 Å². The molecule has 31 heavy (non-hydrogen) atoms. The first-order chi connectivity index (χ1) is 15.0. The molecular weight excluding hydrogens is 396 g/mol. The number of carbonyl (C=O) groups excluding carboxylic acids is 2. The number of fused-ring (bicyclic) bond motifs is 2. The van der Waals surface area contributed by atoms with Crippen LogP contribution in [0.2, 0.25) is 0 Å². The molecule has 0 fully saturated rings. The number of pyridine rings is 1. The number of esters is 1. The summed E-state index contributed by atoms with van der Waals surface area (Å²) in [5.41, 5.74) is 3.60. The third-order valence-corrected chi connectivity index (χ3v) is 5.37. The molecule has 1 amide bonds. The number of amides is 1. The zero-order chi connectivity index (χ0) is 22.0. The van der Waals surface area contributed by atoms with Crippen LogP contribution in [0.1, 0.15) is 47.1 Å². The van der Waals surface area contributed by atoms with E-state index in [1.165, 1.54) is 0 Å². The Labute approximate surface area is 180 Å². The van der Waals surface area contributed by atoms with E-state index >= 15 is 0 Å².